The summed E-state index contributed by atoms with van der Waals surface area (Å²) in [5, 5.41) is 4.95. The second-order valence-corrected chi connectivity index (χ2v) is 10.9. The number of hydrogen-bond donors (Lipinski definition) is 1. The average Bonchev–Trinajstić information content (AvgIpc) is 3.06. The van der Waals surface area contributed by atoms with Gasteiger partial charge in [-0.2, -0.15) is 0 Å². The van der Waals surface area contributed by atoms with Crippen molar-refractivity contribution in [3.63, 3.8) is 0 Å². The van der Waals surface area contributed by atoms with Crippen LogP contribution in [0.15, 0.2) is 151 Å². The first-order valence-corrected chi connectivity index (χ1v) is 14.5. The Morgan fingerprint density at radius 2 is 1.40 bits per heavy atom. The Morgan fingerprint density at radius 3 is 2.21 bits per heavy atom. The number of rotatable bonds is 5. The van der Waals surface area contributed by atoms with Gasteiger partial charge in [-0.25, -0.2) is 4.99 Å². The molecule has 204 valence electrons. The number of para-hydroxylation sites is 1. The molecule has 7 aromatic rings. The zero-order valence-corrected chi connectivity index (χ0v) is 23.5. The minimum Gasteiger partial charge on any atom is -0.383 e. The standard InChI is InChI=1S/C39H28N4/c40-39(42-35-15-4-3-11-31(35)22-26-8-7-21-41-25-26)28-17-19-32(20-18-28)43-36-16-6-13-27-12-5-14-33(38(27)36)34-23-29-9-1-2-10-30(29)24-37(34)43/h1-21,23-25H,22H2,(H2,40,42). The molecule has 2 N–H and O–H groups in total. The minimum atomic E-state index is 0.489. The van der Waals surface area contributed by atoms with Crippen molar-refractivity contribution in [1.82, 2.24) is 4.98 Å². The summed E-state index contributed by atoms with van der Waals surface area (Å²) >= 11 is 0. The molecule has 0 radical (unpaired) electrons. The van der Waals surface area contributed by atoms with E-state index in [1.165, 1.54) is 44.0 Å². The minimum absolute atomic E-state index is 0.489. The predicted molar refractivity (Wildman–Crippen MR) is 179 cm³/mol. The van der Waals surface area contributed by atoms with Gasteiger partial charge in [0.1, 0.15) is 5.84 Å². The molecule has 1 aromatic heterocycles. The quantitative estimate of drug-likeness (QED) is 0.171. The van der Waals surface area contributed by atoms with E-state index < -0.39 is 0 Å². The van der Waals surface area contributed by atoms with Gasteiger partial charge in [0, 0.05) is 41.0 Å². The van der Waals surface area contributed by atoms with E-state index in [1.54, 1.807) is 6.20 Å². The van der Waals surface area contributed by atoms with E-state index in [0.717, 1.165) is 34.5 Å². The second-order valence-electron chi connectivity index (χ2n) is 10.9. The van der Waals surface area contributed by atoms with Crippen molar-refractivity contribution >= 4 is 50.1 Å². The topological polar surface area (TPSA) is 54.5 Å². The van der Waals surface area contributed by atoms with Gasteiger partial charge >= 0.3 is 0 Å². The summed E-state index contributed by atoms with van der Waals surface area (Å²) in [5.74, 6) is 0.489. The molecule has 1 aliphatic heterocycles. The van der Waals surface area contributed by atoms with Crippen LogP contribution in [0.25, 0.3) is 32.7 Å². The summed E-state index contributed by atoms with van der Waals surface area (Å²) in [4.78, 5) is 11.5. The third-order valence-corrected chi connectivity index (χ3v) is 8.29. The maximum Gasteiger partial charge on any atom is 0.131 e. The third-order valence-electron chi connectivity index (χ3n) is 8.29. The Kier molecular flexibility index (Phi) is 5.97. The van der Waals surface area contributed by atoms with Gasteiger partial charge in [-0.05, 0) is 87.4 Å². The number of aromatic nitrogens is 1. The molecule has 1 aliphatic rings. The van der Waals surface area contributed by atoms with Gasteiger partial charge in [0.15, 0.2) is 0 Å². The lowest BCUT2D eigenvalue weighted by Gasteiger charge is -2.34. The van der Waals surface area contributed by atoms with Crippen LogP contribution < -0.4 is 10.6 Å². The zero-order chi connectivity index (χ0) is 28.8. The maximum absolute atomic E-state index is 6.61. The summed E-state index contributed by atoms with van der Waals surface area (Å²) < 4.78 is 0. The molecule has 0 unspecified atom stereocenters. The Balaban J connectivity index is 1.20. The van der Waals surface area contributed by atoms with Gasteiger partial charge < -0.3 is 10.6 Å². The predicted octanol–water partition coefficient (Wildman–Crippen LogP) is 9.47. The molecule has 0 bridgehead atoms. The molecule has 43 heavy (non-hydrogen) atoms. The van der Waals surface area contributed by atoms with E-state index in [4.69, 9.17) is 10.7 Å². The lowest BCUT2D eigenvalue weighted by Crippen LogP contribution is -2.16. The monoisotopic (exact) mass is 552 g/mol. The van der Waals surface area contributed by atoms with Crippen molar-refractivity contribution in [3.05, 3.63) is 163 Å². The van der Waals surface area contributed by atoms with Gasteiger partial charge in [0.2, 0.25) is 0 Å². The highest BCUT2D eigenvalue weighted by Crippen LogP contribution is 2.51. The van der Waals surface area contributed by atoms with Crippen LogP contribution in [0.3, 0.4) is 0 Å². The van der Waals surface area contributed by atoms with Crippen LogP contribution in [-0.2, 0) is 6.42 Å². The van der Waals surface area contributed by atoms with Crippen molar-refractivity contribution in [2.24, 2.45) is 10.7 Å². The lowest BCUT2D eigenvalue weighted by atomic mass is 9.89. The van der Waals surface area contributed by atoms with Crippen LogP contribution in [-0.4, -0.2) is 10.8 Å². The van der Waals surface area contributed by atoms with E-state index in [0.29, 0.717) is 5.84 Å². The number of pyridine rings is 1. The Labute approximate surface area is 250 Å². The van der Waals surface area contributed by atoms with Crippen LogP contribution in [0, 0.1) is 0 Å². The first-order chi connectivity index (χ1) is 21.2. The number of benzene rings is 6. The smallest absolute Gasteiger partial charge is 0.131 e. The largest absolute Gasteiger partial charge is 0.383 e. The molecule has 0 saturated carbocycles. The van der Waals surface area contributed by atoms with E-state index in [1.807, 2.05) is 30.5 Å². The second kappa shape index (κ2) is 10.3. The normalized spacial score (nSPS) is 12.5. The Bertz CT molecular complexity index is 2160. The number of nitrogens with two attached hydrogens (primary N) is 1. The van der Waals surface area contributed by atoms with Gasteiger partial charge in [-0.1, -0.05) is 78.9 Å². The summed E-state index contributed by atoms with van der Waals surface area (Å²) in [5.41, 5.74) is 16.5. The first-order valence-electron chi connectivity index (χ1n) is 14.5. The number of fused-ring (bicyclic) bond motifs is 3. The van der Waals surface area contributed by atoms with Crippen LogP contribution in [0.4, 0.5) is 22.7 Å². The molecule has 6 aromatic carbocycles. The van der Waals surface area contributed by atoms with Crippen molar-refractivity contribution < 1.29 is 0 Å². The van der Waals surface area contributed by atoms with E-state index in [2.05, 4.69) is 119 Å². The molecule has 0 fully saturated rings. The SMILES string of the molecule is NC(=Nc1ccccc1Cc1cccnc1)c1ccc(N2c3cc4ccccc4cc3-c3cccc4cccc2c34)cc1. The lowest BCUT2D eigenvalue weighted by molar-refractivity contribution is 1.14. The van der Waals surface area contributed by atoms with Crippen LogP contribution in [0.2, 0.25) is 0 Å². The van der Waals surface area contributed by atoms with E-state index >= 15 is 0 Å². The van der Waals surface area contributed by atoms with Gasteiger partial charge in [0.05, 0.1) is 17.1 Å². The molecule has 0 aliphatic carbocycles. The first kappa shape index (κ1) is 25.0. The molecule has 0 saturated heterocycles. The molecule has 0 spiro atoms. The highest BCUT2D eigenvalue weighted by molar-refractivity contribution is 6.15. The fourth-order valence-corrected chi connectivity index (χ4v) is 6.24. The summed E-state index contributed by atoms with van der Waals surface area (Å²) in [7, 11) is 0. The van der Waals surface area contributed by atoms with E-state index in [9.17, 15) is 0 Å². The van der Waals surface area contributed by atoms with Crippen molar-refractivity contribution in [2.45, 2.75) is 6.42 Å². The molecule has 4 nitrogen and oxygen atoms in total. The highest BCUT2D eigenvalue weighted by Gasteiger charge is 2.26. The number of amidine groups is 1. The van der Waals surface area contributed by atoms with Crippen LogP contribution in [0.1, 0.15) is 16.7 Å². The summed E-state index contributed by atoms with van der Waals surface area (Å²) in [6, 6.07) is 46.9. The number of nitrogens with zero attached hydrogens (tertiary/aromatic N) is 3. The molecule has 8 rings (SSSR count). The number of hydrogen-bond acceptors (Lipinski definition) is 3. The van der Waals surface area contributed by atoms with E-state index in [-0.39, 0.29) is 0 Å². The molecular weight excluding hydrogens is 524 g/mol. The number of aliphatic imine (C=N–C) groups is 1. The van der Waals surface area contributed by atoms with Crippen molar-refractivity contribution in [1.29, 1.82) is 0 Å². The van der Waals surface area contributed by atoms with Crippen LogP contribution in [0.5, 0.6) is 0 Å². The van der Waals surface area contributed by atoms with Crippen molar-refractivity contribution in [3.8, 4) is 11.1 Å². The highest BCUT2D eigenvalue weighted by atomic mass is 15.2. The van der Waals surface area contributed by atoms with Gasteiger partial charge in [0.25, 0.3) is 0 Å². The molecule has 4 heteroatoms. The molecule has 0 atom stereocenters. The third kappa shape index (κ3) is 4.41. The number of anilines is 3. The molecule has 0 amide bonds. The average molecular weight is 553 g/mol. The van der Waals surface area contributed by atoms with Gasteiger partial charge in [-0.3, -0.25) is 4.98 Å². The van der Waals surface area contributed by atoms with Gasteiger partial charge in [-0.15, -0.1) is 0 Å². The fourth-order valence-electron chi connectivity index (χ4n) is 6.24. The molecular formula is C39H28N4. The zero-order valence-electron chi connectivity index (χ0n) is 23.5. The Hall–Kier alpha value is -5.74. The fraction of sp³-hybridized carbons (Fsp3) is 0.0256. The van der Waals surface area contributed by atoms with Crippen LogP contribution >= 0.6 is 0 Å². The maximum atomic E-state index is 6.61. The Morgan fingerprint density at radius 1 is 0.651 bits per heavy atom. The summed E-state index contributed by atoms with van der Waals surface area (Å²) in [6.45, 7) is 0. The van der Waals surface area contributed by atoms with Crippen molar-refractivity contribution in [2.75, 3.05) is 4.90 Å². The summed E-state index contributed by atoms with van der Waals surface area (Å²) in [6.07, 6.45) is 4.43. The molecule has 2 heterocycles.